The molecule has 3 N–H and O–H groups in total. The van der Waals surface area contributed by atoms with Gasteiger partial charge in [-0.1, -0.05) is 12.1 Å². The highest BCUT2D eigenvalue weighted by Crippen LogP contribution is 2.27. The summed E-state index contributed by atoms with van der Waals surface area (Å²) in [5, 5.41) is 14.0. The van der Waals surface area contributed by atoms with Crippen LogP contribution in [0, 0.1) is 0 Å². The monoisotopic (exact) mass is 457 g/mol. The number of anilines is 3. The fourth-order valence-electron chi connectivity index (χ4n) is 3.74. The predicted molar refractivity (Wildman–Crippen MR) is 128 cm³/mol. The number of fused-ring (bicyclic) bond motifs is 1. The van der Waals surface area contributed by atoms with Crippen LogP contribution in [0.5, 0.6) is 0 Å². The minimum Gasteiger partial charge on any atom is -0.385 e. The number of carbonyl (C=O) groups excluding carboxylic acids is 2. The van der Waals surface area contributed by atoms with Crippen LogP contribution < -0.4 is 16.0 Å². The van der Waals surface area contributed by atoms with Gasteiger partial charge in [-0.3, -0.25) is 14.6 Å². The number of nitrogens with one attached hydrogen (secondary N) is 3. The summed E-state index contributed by atoms with van der Waals surface area (Å²) in [6, 6.07) is 13.1. The number of carbonyl (C=O) groups is 2. The molecule has 1 fully saturated rings. The van der Waals surface area contributed by atoms with Gasteiger partial charge in [0.05, 0.1) is 29.7 Å². The van der Waals surface area contributed by atoms with E-state index < -0.39 is 0 Å². The van der Waals surface area contributed by atoms with Crippen LogP contribution in [-0.2, 0) is 4.74 Å². The smallest absolute Gasteiger partial charge is 0.271 e. The van der Waals surface area contributed by atoms with Crippen molar-refractivity contribution in [1.29, 1.82) is 0 Å². The maximum atomic E-state index is 12.8. The predicted octanol–water partition coefficient (Wildman–Crippen LogP) is 2.91. The molecule has 34 heavy (non-hydrogen) atoms. The molecule has 3 heterocycles. The lowest BCUT2D eigenvalue weighted by Gasteiger charge is -2.11. The zero-order valence-electron chi connectivity index (χ0n) is 18.6. The molecule has 10 heteroatoms. The highest BCUT2D eigenvalue weighted by Gasteiger charge is 2.39. The summed E-state index contributed by atoms with van der Waals surface area (Å²) in [7, 11) is 3.42. The van der Waals surface area contributed by atoms with Gasteiger partial charge in [0.1, 0.15) is 0 Å². The number of rotatable bonds is 8. The van der Waals surface area contributed by atoms with Crippen molar-refractivity contribution >= 4 is 35.0 Å². The lowest BCUT2D eigenvalue weighted by molar-refractivity contribution is 0.0927. The number of benzene rings is 1. The summed E-state index contributed by atoms with van der Waals surface area (Å²) < 4.78 is 6.79. The highest BCUT2D eigenvalue weighted by atomic mass is 16.5. The van der Waals surface area contributed by atoms with E-state index in [4.69, 9.17) is 4.74 Å². The molecular weight excluding hydrogens is 434 g/mol. The number of methoxy groups -OCH3 is 1. The largest absolute Gasteiger partial charge is 0.385 e. The number of pyridine rings is 1. The van der Waals surface area contributed by atoms with Gasteiger partial charge in [-0.05, 0) is 30.7 Å². The van der Waals surface area contributed by atoms with Gasteiger partial charge in [-0.2, -0.15) is 0 Å². The van der Waals surface area contributed by atoms with E-state index in [2.05, 4.69) is 31.0 Å². The Labute approximate surface area is 195 Å². The molecule has 0 saturated heterocycles. The van der Waals surface area contributed by atoms with Crippen LogP contribution in [0.1, 0.15) is 27.3 Å². The molecule has 2 unspecified atom stereocenters. The molecule has 0 aliphatic heterocycles. The maximum absolute atomic E-state index is 12.8. The minimum atomic E-state index is -0.254. The van der Waals surface area contributed by atoms with Crippen molar-refractivity contribution < 1.29 is 14.3 Å². The molecule has 172 valence electrons. The van der Waals surface area contributed by atoms with Gasteiger partial charge in [0.25, 0.3) is 5.91 Å². The first kappa shape index (κ1) is 21.5. The summed E-state index contributed by atoms with van der Waals surface area (Å²) in [5.74, 6) is 0.280. The van der Waals surface area contributed by atoms with E-state index in [-0.39, 0.29) is 18.1 Å². The average Bonchev–Trinajstić information content (AvgIpc) is 3.48. The second-order valence-electron chi connectivity index (χ2n) is 7.96. The van der Waals surface area contributed by atoms with Gasteiger partial charge in [0.15, 0.2) is 23.4 Å². The van der Waals surface area contributed by atoms with Gasteiger partial charge in [-0.15, -0.1) is 5.10 Å². The third-order valence-electron chi connectivity index (χ3n) is 5.67. The third kappa shape index (κ3) is 4.18. The topological polar surface area (TPSA) is 123 Å². The molecule has 1 amide bonds. The fourth-order valence-corrected chi connectivity index (χ4v) is 3.74. The Bertz CT molecular complexity index is 1370. The molecule has 0 bridgehead atoms. The van der Waals surface area contributed by atoms with Crippen molar-refractivity contribution in [2.75, 3.05) is 24.8 Å². The maximum Gasteiger partial charge on any atom is 0.271 e. The first-order chi connectivity index (χ1) is 16.6. The van der Waals surface area contributed by atoms with Crippen LogP contribution in [0.4, 0.5) is 17.2 Å². The molecule has 2 atom stereocenters. The molecule has 1 aliphatic carbocycles. The van der Waals surface area contributed by atoms with E-state index in [1.807, 2.05) is 30.3 Å². The van der Waals surface area contributed by atoms with Crippen LogP contribution in [0.15, 0.2) is 54.9 Å². The van der Waals surface area contributed by atoms with E-state index in [1.54, 1.807) is 32.5 Å². The van der Waals surface area contributed by atoms with E-state index in [0.717, 1.165) is 35.3 Å². The van der Waals surface area contributed by atoms with Gasteiger partial charge >= 0.3 is 0 Å². The Hall–Kier alpha value is -4.31. The SMILES string of the molecule is CNc1cc(Nc2cccc(-c3ccc(C=O)cn3)c2)nn2c(C(=O)NC3CC3OC)cnc12. The zero-order valence-corrected chi connectivity index (χ0v) is 18.6. The number of aromatic nitrogens is 4. The summed E-state index contributed by atoms with van der Waals surface area (Å²) in [6.07, 6.45) is 4.67. The minimum absolute atomic E-state index is 0.00470. The summed E-state index contributed by atoms with van der Waals surface area (Å²) in [6.45, 7) is 0. The molecule has 1 saturated carbocycles. The van der Waals surface area contributed by atoms with E-state index in [9.17, 15) is 9.59 Å². The van der Waals surface area contributed by atoms with Gasteiger partial charge in [0.2, 0.25) is 0 Å². The second kappa shape index (κ2) is 8.91. The van der Waals surface area contributed by atoms with Crippen LogP contribution in [-0.4, -0.2) is 58.1 Å². The second-order valence-corrected chi connectivity index (χ2v) is 7.96. The van der Waals surface area contributed by atoms with Crippen molar-refractivity contribution in [2.45, 2.75) is 18.6 Å². The number of amides is 1. The Morgan fingerprint density at radius 2 is 2.06 bits per heavy atom. The van der Waals surface area contributed by atoms with Crippen molar-refractivity contribution in [3.8, 4) is 11.3 Å². The van der Waals surface area contributed by atoms with Crippen molar-refractivity contribution in [1.82, 2.24) is 24.9 Å². The number of ether oxygens (including phenoxy) is 1. The molecule has 3 aromatic heterocycles. The molecule has 10 nitrogen and oxygen atoms in total. The molecule has 0 radical (unpaired) electrons. The van der Waals surface area contributed by atoms with Crippen molar-refractivity contribution in [2.24, 2.45) is 0 Å². The first-order valence-corrected chi connectivity index (χ1v) is 10.8. The Morgan fingerprint density at radius 3 is 2.76 bits per heavy atom. The zero-order chi connectivity index (χ0) is 23.7. The van der Waals surface area contributed by atoms with Crippen molar-refractivity contribution in [3.63, 3.8) is 0 Å². The molecule has 0 spiro atoms. The lowest BCUT2D eigenvalue weighted by atomic mass is 10.1. The Balaban J connectivity index is 1.43. The van der Waals surface area contributed by atoms with E-state index >= 15 is 0 Å². The van der Waals surface area contributed by atoms with Crippen LogP contribution in [0.3, 0.4) is 0 Å². The number of aldehydes is 1. The molecule has 1 aliphatic rings. The van der Waals surface area contributed by atoms with Crippen LogP contribution >= 0.6 is 0 Å². The number of hydrogen-bond donors (Lipinski definition) is 3. The Kier molecular flexibility index (Phi) is 5.64. The summed E-state index contributed by atoms with van der Waals surface area (Å²) in [4.78, 5) is 32.4. The average molecular weight is 457 g/mol. The summed E-state index contributed by atoms with van der Waals surface area (Å²) in [5.41, 5.74) is 4.55. The molecular formula is C24H23N7O3. The van der Waals surface area contributed by atoms with Crippen molar-refractivity contribution in [3.05, 3.63) is 66.1 Å². The first-order valence-electron chi connectivity index (χ1n) is 10.8. The molecule has 5 rings (SSSR count). The number of imidazole rings is 1. The lowest BCUT2D eigenvalue weighted by Crippen LogP contribution is -2.29. The number of hydrogen-bond acceptors (Lipinski definition) is 8. The summed E-state index contributed by atoms with van der Waals surface area (Å²) >= 11 is 0. The number of nitrogens with zero attached hydrogens (tertiary/aromatic N) is 4. The van der Waals surface area contributed by atoms with Gasteiger partial charge in [0, 0.05) is 43.2 Å². The van der Waals surface area contributed by atoms with Gasteiger partial charge < -0.3 is 20.7 Å². The Morgan fingerprint density at radius 1 is 1.18 bits per heavy atom. The normalized spacial score (nSPS) is 16.8. The molecule has 1 aromatic carbocycles. The standard InChI is InChI=1S/C24H23N7O3/c1-25-19-10-22(28-16-5-3-4-15(8-16)17-7-6-14(13-32)11-26-17)30-31-20(12-27-23(19)31)24(33)29-18-9-21(18)34-2/h3-8,10-13,18,21,25H,9H2,1-2H3,(H,28,30)(H,29,33). The quantitative estimate of drug-likeness (QED) is 0.345. The van der Waals surface area contributed by atoms with Gasteiger partial charge in [-0.25, -0.2) is 9.50 Å². The highest BCUT2D eigenvalue weighted by molar-refractivity contribution is 5.94. The fraction of sp³-hybridized carbons (Fsp3) is 0.208. The van der Waals surface area contributed by atoms with E-state index in [1.165, 1.54) is 10.7 Å². The third-order valence-corrected chi connectivity index (χ3v) is 5.67. The van der Waals surface area contributed by atoms with E-state index in [0.29, 0.717) is 22.7 Å². The van der Waals surface area contributed by atoms with Crippen LogP contribution in [0.25, 0.3) is 16.9 Å². The molecule has 4 aromatic rings. The van der Waals surface area contributed by atoms with Crippen LogP contribution in [0.2, 0.25) is 0 Å².